The molecule has 3 aromatic rings. The van der Waals surface area contributed by atoms with Crippen LogP contribution >= 0.6 is 0 Å². The zero-order valence-electron chi connectivity index (χ0n) is 12.9. The van der Waals surface area contributed by atoms with Crippen LogP contribution < -0.4 is 0 Å². The van der Waals surface area contributed by atoms with Gasteiger partial charge < -0.3 is 5.11 Å². The summed E-state index contributed by atoms with van der Waals surface area (Å²) < 4.78 is 0. The molecule has 1 heteroatoms. The molecule has 1 aliphatic carbocycles. The van der Waals surface area contributed by atoms with Crippen molar-refractivity contribution in [1.82, 2.24) is 0 Å². The predicted molar refractivity (Wildman–Crippen MR) is 95.7 cm³/mol. The van der Waals surface area contributed by atoms with Crippen LogP contribution in [0.15, 0.2) is 73.3 Å². The molecular weight excluding hydrogens is 280 g/mol. The van der Waals surface area contributed by atoms with Crippen molar-refractivity contribution < 1.29 is 5.11 Å². The smallest absolute Gasteiger partial charge is 0.119 e. The van der Waals surface area contributed by atoms with Crippen LogP contribution in [0.2, 0.25) is 0 Å². The Morgan fingerprint density at radius 2 is 1.48 bits per heavy atom. The SMILES string of the molecule is C=CCc1c(O)cccc1-c1cccc2c1Cc1ccccc1-2. The molecule has 3 aromatic carbocycles. The molecule has 0 bridgehead atoms. The molecular formula is C22H18O. The topological polar surface area (TPSA) is 20.2 Å². The number of benzene rings is 3. The number of hydrogen-bond acceptors (Lipinski definition) is 1. The lowest BCUT2D eigenvalue weighted by atomic mass is 9.91. The molecule has 0 saturated heterocycles. The van der Waals surface area contributed by atoms with Gasteiger partial charge in [-0.2, -0.15) is 0 Å². The summed E-state index contributed by atoms with van der Waals surface area (Å²) in [4.78, 5) is 0. The highest BCUT2D eigenvalue weighted by molar-refractivity contribution is 5.86. The molecule has 112 valence electrons. The van der Waals surface area contributed by atoms with Gasteiger partial charge in [-0.25, -0.2) is 0 Å². The van der Waals surface area contributed by atoms with Crippen LogP contribution in [0.5, 0.6) is 5.75 Å². The van der Waals surface area contributed by atoms with E-state index < -0.39 is 0 Å². The molecule has 0 fully saturated rings. The van der Waals surface area contributed by atoms with Gasteiger partial charge in [-0.05, 0) is 52.3 Å². The van der Waals surface area contributed by atoms with Crippen LogP contribution in [0.25, 0.3) is 22.3 Å². The fraction of sp³-hybridized carbons (Fsp3) is 0.0909. The summed E-state index contributed by atoms with van der Waals surface area (Å²) in [5.41, 5.74) is 8.64. The lowest BCUT2D eigenvalue weighted by Crippen LogP contribution is -1.93. The number of rotatable bonds is 3. The van der Waals surface area contributed by atoms with E-state index in [1.165, 1.54) is 27.8 Å². The van der Waals surface area contributed by atoms with Gasteiger partial charge in [0.2, 0.25) is 0 Å². The van der Waals surface area contributed by atoms with E-state index in [-0.39, 0.29) is 0 Å². The average molecular weight is 298 g/mol. The van der Waals surface area contributed by atoms with E-state index in [2.05, 4.69) is 55.1 Å². The van der Waals surface area contributed by atoms with Crippen molar-refractivity contribution in [2.24, 2.45) is 0 Å². The molecule has 0 unspecified atom stereocenters. The number of hydrogen-bond donors (Lipinski definition) is 1. The molecule has 0 spiro atoms. The fourth-order valence-electron chi connectivity index (χ4n) is 3.60. The second-order valence-corrected chi connectivity index (χ2v) is 5.96. The maximum absolute atomic E-state index is 10.3. The minimum absolute atomic E-state index is 0.343. The highest BCUT2D eigenvalue weighted by Gasteiger charge is 2.22. The molecule has 0 atom stereocenters. The largest absolute Gasteiger partial charge is 0.508 e. The maximum atomic E-state index is 10.3. The van der Waals surface area contributed by atoms with E-state index in [9.17, 15) is 5.11 Å². The monoisotopic (exact) mass is 298 g/mol. The fourth-order valence-corrected chi connectivity index (χ4v) is 3.60. The van der Waals surface area contributed by atoms with Crippen LogP contribution in [-0.2, 0) is 12.8 Å². The Labute approximate surface area is 136 Å². The molecule has 0 radical (unpaired) electrons. The molecule has 1 aliphatic rings. The Morgan fingerprint density at radius 3 is 2.30 bits per heavy atom. The molecule has 1 N–H and O–H groups in total. The lowest BCUT2D eigenvalue weighted by Gasteiger charge is -2.14. The van der Waals surface area contributed by atoms with Gasteiger partial charge in [-0.15, -0.1) is 6.58 Å². The van der Waals surface area contributed by atoms with Crippen LogP contribution in [-0.4, -0.2) is 5.11 Å². The third kappa shape index (κ3) is 2.17. The zero-order chi connectivity index (χ0) is 15.8. The highest BCUT2D eigenvalue weighted by atomic mass is 16.3. The van der Waals surface area contributed by atoms with Crippen molar-refractivity contribution >= 4 is 0 Å². The first-order valence-electron chi connectivity index (χ1n) is 7.92. The van der Waals surface area contributed by atoms with Crippen LogP contribution in [0.3, 0.4) is 0 Å². The zero-order valence-corrected chi connectivity index (χ0v) is 12.9. The van der Waals surface area contributed by atoms with Crippen molar-refractivity contribution in [1.29, 1.82) is 0 Å². The summed E-state index contributed by atoms with van der Waals surface area (Å²) in [6.45, 7) is 3.83. The first-order valence-corrected chi connectivity index (χ1v) is 7.92. The summed E-state index contributed by atoms with van der Waals surface area (Å²) >= 11 is 0. The quantitative estimate of drug-likeness (QED) is 0.505. The van der Waals surface area contributed by atoms with Crippen molar-refractivity contribution in [3.63, 3.8) is 0 Å². The van der Waals surface area contributed by atoms with Gasteiger partial charge in [0.1, 0.15) is 5.75 Å². The normalized spacial score (nSPS) is 11.8. The van der Waals surface area contributed by atoms with Gasteiger partial charge in [-0.1, -0.05) is 60.7 Å². The molecule has 0 amide bonds. The second-order valence-electron chi connectivity index (χ2n) is 5.96. The Bertz CT molecular complexity index is 906. The second kappa shape index (κ2) is 5.44. The van der Waals surface area contributed by atoms with Crippen LogP contribution in [0, 0.1) is 0 Å². The van der Waals surface area contributed by atoms with Gasteiger partial charge in [0.05, 0.1) is 0 Å². The average Bonchev–Trinajstić information content (AvgIpc) is 2.96. The first kappa shape index (κ1) is 13.8. The van der Waals surface area contributed by atoms with Gasteiger partial charge in [-0.3, -0.25) is 0 Å². The van der Waals surface area contributed by atoms with Gasteiger partial charge in [0.25, 0.3) is 0 Å². The number of phenolic OH excluding ortho intramolecular Hbond substituents is 1. The number of aromatic hydroxyl groups is 1. The Morgan fingerprint density at radius 1 is 0.826 bits per heavy atom. The Hall–Kier alpha value is -2.80. The molecule has 0 saturated carbocycles. The van der Waals surface area contributed by atoms with Gasteiger partial charge in [0.15, 0.2) is 0 Å². The molecule has 0 aromatic heterocycles. The van der Waals surface area contributed by atoms with Crippen molar-refractivity contribution in [3.8, 4) is 28.0 Å². The third-order valence-corrected chi connectivity index (χ3v) is 4.64. The molecule has 0 aliphatic heterocycles. The minimum Gasteiger partial charge on any atom is -0.508 e. The maximum Gasteiger partial charge on any atom is 0.119 e. The predicted octanol–water partition coefficient (Wildman–Crippen LogP) is 5.36. The van der Waals surface area contributed by atoms with Crippen LogP contribution in [0.1, 0.15) is 16.7 Å². The third-order valence-electron chi connectivity index (χ3n) is 4.64. The van der Waals surface area contributed by atoms with E-state index in [0.29, 0.717) is 12.2 Å². The summed E-state index contributed by atoms with van der Waals surface area (Å²) in [6, 6.07) is 20.8. The van der Waals surface area contributed by atoms with E-state index in [1.54, 1.807) is 6.07 Å². The standard InChI is InChI=1S/C22H18O/c1-2-7-20-18(12-6-13-22(20)23)19-11-5-10-17-16-9-4-3-8-15(16)14-21(17)19/h2-6,8-13,23H,1,7,14H2. The van der Waals surface area contributed by atoms with E-state index in [0.717, 1.165) is 17.5 Å². The van der Waals surface area contributed by atoms with E-state index >= 15 is 0 Å². The lowest BCUT2D eigenvalue weighted by molar-refractivity contribution is 0.470. The van der Waals surface area contributed by atoms with E-state index in [1.807, 2.05) is 12.1 Å². The van der Waals surface area contributed by atoms with Crippen LogP contribution in [0.4, 0.5) is 0 Å². The summed E-state index contributed by atoms with van der Waals surface area (Å²) in [6.07, 6.45) is 3.46. The highest BCUT2D eigenvalue weighted by Crippen LogP contribution is 2.43. The van der Waals surface area contributed by atoms with E-state index in [4.69, 9.17) is 0 Å². The van der Waals surface area contributed by atoms with Gasteiger partial charge in [0, 0.05) is 5.56 Å². The number of phenols is 1. The van der Waals surface area contributed by atoms with Crippen molar-refractivity contribution in [2.45, 2.75) is 12.8 Å². The molecule has 0 heterocycles. The summed E-state index contributed by atoms with van der Waals surface area (Å²) in [5, 5.41) is 10.3. The molecule has 1 nitrogen and oxygen atoms in total. The summed E-state index contributed by atoms with van der Waals surface area (Å²) in [7, 11) is 0. The summed E-state index contributed by atoms with van der Waals surface area (Å²) in [5.74, 6) is 0.343. The Kier molecular flexibility index (Phi) is 3.27. The Balaban J connectivity index is 1.94. The molecule has 23 heavy (non-hydrogen) atoms. The number of allylic oxidation sites excluding steroid dienone is 1. The minimum atomic E-state index is 0.343. The first-order chi connectivity index (χ1) is 11.3. The van der Waals surface area contributed by atoms with Crippen molar-refractivity contribution in [3.05, 3.63) is 90.0 Å². The van der Waals surface area contributed by atoms with Gasteiger partial charge >= 0.3 is 0 Å². The van der Waals surface area contributed by atoms with Crippen molar-refractivity contribution in [2.75, 3.05) is 0 Å². The number of fused-ring (bicyclic) bond motifs is 3. The molecule has 4 rings (SSSR count).